The van der Waals surface area contributed by atoms with Crippen molar-refractivity contribution in [2.75, 3.05) is 6.54 Å². The standard InChI is InChI=1S/C26H24FN5O3/c27-20-6-2-8-22(13-20)35-23-9-10-24(28-14-23)26(34)32-11-3-7-21(32)15-31-16-25(29-30-31)19-5-1-4-18(12-19)17-33/h1-2,4-6,8-10,12-14,16,21,33H,3,7,11,15,17H2/t21-/m0/s1. The third-order valence-electron chi connectivity index (χ3n) is 5.97. The molecular formula is C26H24FN5O3. The van der Waals surface area contributed by atoms with Crippen molar-refractivity contribution in [3.8, 4) is 22.8 Å². The molecule has 3 heterocycles. The fourth-order valence-corrected chi connectivity index (χ4v) is 4.24. The summed E-state index contributed by atoms with van der Waals surface area (Å²) in [6.45, 7) is 1.14. The number of aliphatic hydroxyl groups is 1. The van der Waals surface area contributed by atoms with Crippen molar-refractivity contribution in [2.24, 2.45) is 0 Å². The smallest absolute Gasteiger partial charge is 0.272 e. The highest BCUT2D eigenvalue weighted by molar-refractivity contribution is 5.92. The van der Waals surface area contributed by atoms with E-state index in [1.807, 2.05) is 35.4 Å². The van der Waals surface area contributed by atoms with Crippen LogP contribution in [0.5, 0.6) is 11.5 Å². The number of aromatic nitrogens is 4. The second kappa shape index (κ2) is 10.0. The minimum Gasteiger partial charge on any atom is -0.456 e. The maximum absolute atomic E-state index is 13.4. The number of benzene rings is 2. The summed E-state index contributed by atoms with van der Waals surface area (Å²) in [4.78, 5) is 19.3. The van der Waals surface area contributed by atoms with Crippen molar-refractivity contribution in [1.29, 1.82) is 0 Å². The normalized spacial score (nSPS) is 15.4. The summed E-state index contributed by atoms with van der Waals surface area (Å²) >= 11 is 0. The van der Waals surface area contributed by atoms with Gasteiger partial charge in [0.1, 0.15) is 28.7 Å². The first-order valence-electron chi connectivity index (χ1n) is 11.4. The van der Waals surface area contributed by atoms with Gasteiger partial charge in [-0.3, -0.25) is 4.79 Å². The van der Waals surface area contributed by atoms with Crippen LogP contribution in [0.25, 0.3) is 11.3 Å². The molecule has 1 saturated heterocycles. The van der Waals surface area contributed by atoms with Gasteiger partial charge in [-0.2, -0.15) is 0 Å². The van der Waals surface area contributed by atoms with E-state index in [0.29, 0.717) is 36.0 Å². The molecule has 0 bridgehead atoms. The Morgan fingerprint density at radius 3 is 2.80 bits per heavy atom. The first-order chi connectivity index (χ1) is 17.1. The van der Waals surface area contributed by atoms with Crippen LogP contribution in [0.1, 0.15) is 28.9 Å². The number of aliphatic hydroxyl groups excluding tert-OH is 1. The summed E-state index contributed by atoms with van der Waals surface area (Å²) in [6, 6.07) is 16.6. The number of halogens is 1. The van der Waals surface area contributed by atoms with Crippen LogP contribution in [0.3, 0.4) is 0 Å². The van der Waals surface area contributed by atoms with E-state index < -0.39 is 0 Å². The molecule has 0 unspecified atom stereocenters. The second-order valence-electron chi connectivity index (χ2n) is 8.42. The van der Waals surface area contributed by atoms with Gasteiger partial charge >= 0.3 is 0 Å². The van der Waals surface area contributed by atoms with Crippen LogP contribution >= 0.6 is 0 Å². The van der Waals surface area contributed by atoms with Crippen molar-refractivity contribution in [1.82, 2.24) is 24.9 Å². The molecule has 1 atom stereocenters. The van der Waals surface area contributed by atoms with Gasteiger partial charge in [0, 0.05) is 18.2 Å². The van der Waals surface area contributed by atoms with E-state index in [-0.39, 0.29) is 24.4 Å². The maximum atomic E-state index is 13.4. The van der Waals surface area contributed by atoms with Crippen LogP contribution in [0, 0.1) is 5.82 Å². The quantitative estimate of drug-likeness (QED) is 0.435. The number of carbonyl (C=O) groups excluding carboxylic acids is 1. The summed E-state index contributed by atoms with van der Waals surface area (Å²) in [7, 11) is 0. The highest BCUT2D eigenvalue weighted by Crippen LogP contribution is 2.25. The van der Waals surface area contributed by atoms with Crippen LogP contribution in [0.4, 0.5) is 4.39 Å². The van der Waals surface area contributed by atoms with Crippen LogP contribution in [-0.4, -0.2) is 48.5 Å². The number of pyridine rings is 1. The van der Waals surface area contributed by atoms with Crippen molar-refractivity contribution in [3.63, 3.8) is 0 Å². The van der Waals surface area contributed by atoms with E-state index in [4.69, 9.17) is 4.74 Å². The number of hydrogen-bond acceptors (Lipinski definition) is 6. The highest BCUT2D eigenvalue weighted by Gasteiger charge is 2.30. The van der Waals surface area contributed by atoms with Gasteiger partial charge < -0.3 is 14.7 Å². The molecule has 9 heteroatoms. The van der Waals surface area contributed by atoms with Gasteiger partial charge in [-0.05, 0) is 48.7 Å². The molecule has 35 heavy (non-hydrogen) atoms. The summed E-state index contributed by atoms with van der Waals surface area (Å²) in [5.41, 5.74) is 2.73. The first-order valence-corrected chi connectivity index (χ1v) is 11.4. The molecule has 4 aromatic rings. The highest BCUT2D eigenvalue weighted by atomic mass is 19.1. The van der Waals surface area contributed by atoms with Crippen molar-refractivity contribution in [2.45, 2.75) is 32.0 Å². The molecule has 1 aliphatic heterocycles. The summed E-state index contributed by atoms with van der Waals surface area (Å²) < 4.78 is 20.7. The monoisotopic (exact) mass is 473 g/mol. The Balaban J connectivity index is 1.25. The summed E-state index contributed by atoms with van der Waals surface area (Å²) in [5.74, 6) is 0.243. The minimum absolute atomic E-state index is 0.0224. The molecule has 0 aliphatic carbocycles. The molecule has 2 aromatic heterocycles. The number of ether oxygens (including phenoxy) is 1. The fraction of sp³-hybridized carbons (Fsp3) is 0.231. The van der Waals surface area contributed by atoms with E-state index in [1.54, 1.807) is 28.9 Å². The van der Waals surface area contributed by atoms with Gasteiger partial charge in [-0.1, -0.05) is 29.5 Å². The maximum Gasteiger partial charge on any atom is 0.272 e. The second-order valence-corrected chi connectivity index (χ2v) is 8.42. The zero-order valence-electron chi connectivity index (χ0n) is 18.9. The zero-order valence-corrected chi connectivity index (χ0v) is 18.9. The molecule has 1 aliphatic rings. The van der Waals surface area contributed by atoms with Crippen LogP contribution < -0.4 is 4.74 Å². The first kappa shape index (κ1) is 22.7. The molecular weight excluding hydrogens is 449 g/mol. The Kier molecular flexibility index (Phi) is 6.49. The molecule has 8 nitrogen and oxygen atoms in total. The van der Waals surface area contributed by atoms with E-state index in [2.05, 4.69) is 15.3 Å². The molecule has 1 fully saturated rings. The number of hydrogen-bond donors (Lipinski definition) is 1. The van der Waals surface area contributed by atoms with Gasteiger partial charge in [0.25, 0.3) is 5.91 Å². The van der Waals surface area contributed by atoms with Gasteiger partial charge in [-0.15, -0.1) is 5.10 Å². The molecule has 0 radical (unpaired) electrons. The summed E-state index contributed by atoms with van der Waals surface area (Å²) in [5, 5.41) is 17.9. The predicted octanol–water partition coefficient (Wildman–Crippen LogP) is 4.07. The van der Waals surface area contributed by atoms with E-state index in [9.17, 15) is 14.3 Å². The van der Waals surface area contributed by atoms with E-state index in [0.717, 1.165) is 24.0 Å². The number of amides is 1. The van der Waals surface area contributed by atoms with Crippen LogP contribution in [-0.2, 0) is 13.2 Å². The van der Waals surface area contributed by atoms with Crippen molar-refractivity contribution in [3.05, 3.63) is 90.1 Å². The third-order valence-corrected chi connectivity index (χ3v) is 5.97. The third kappa shape index (κ3) is 5.20. The molecule has 0 spiro atoms. The Morgan fingerprint density at radius 2 is 2.00 bits per heavy atom. The van der Waals surface area contributed by atoms with Crippen molar-refractivity contribution >= 4 is 5.91 Å². The average Bonchev–Trinajstić information content (AvgIpc) is 3.54. The number of nitrogens with zero attached hydrogens (tertiary/aromatic N) is 5. The average molecular weight is 474 g/mol. The lowest BCUT2D eigenvalue weighted by Gasteiger charge is -2.24. The molecule has 1 amide bonds. The van der Waals surface area contributed by atoms with Gasteiger partial charge in [-0.25, -0.2) is 14.1 Å². The molecule has 1 N–H and O–H groups in total. The lowest BCUT2D eigenvalue weighted by molar-refractivity contribution is 0.0715. The fourth-order valence-electron chi connectivity index (χ4n) is 4.24. The largest absolute Gasteiger partial charge is 0.456 e. The SMILES string of the molecule is O=C(c1ccc(Oc2cccc(F)c2)cn1)N1CCC[C@H]1Cn1cc(-c2cccc(CO)c2)nn1. The van der Waals surface area contributed by atoms with E-state index >= 15 is 0 Å². The van der Waals surface area contributed by atoms with Gasteiger partial charge in [0.2, 0.25) is 0 Å². The van der Waals surface area contributed by atoms with Crippen molar-refractivity contribution < 1.29 is 19.0 Å². The Hall–Kier alpha value is -4.11. The Labute approximate surface area is 201 Å². The van der Waals surface area contributed by atoms with Gasteiger partial charge in [0.15, 0.2) is 0 Å². The lowest BCUT2D eigenvalue weighted by Crippen LogP contribution is -2.38. The number of likely N-dealkylation sites (tertiary alicyclic amines) is 1. The molecule has 0 saturated carbocycles. The minimum atomic E-state index is -0.388. The van der Waals surface area contributed by atoms with Gasteiger partial charge in [0.05, 0.1) is 31.6 Å². The summed E-state index contributed by atoms with van der Waals surface area (Å²) in [6.07, 6.45) is 5.08. The molecule has 178 valence electrons. The lowest BCUT2D eigenvalue weighted by atomic mass is 10.1. The molecule has 2 aromatic carbocycles. The number of carbonyl (C=O) groups is 1. The predicted molar refractivity (Wildman–Crippen MR) is 126 cm³/mol. The topological polar surface area (TPSA) is 93.4 Å². The van der Waals surface area contributed by atoms with Crippen LogP contribution in [0.2, 0.25) is 0 Å². The van der Waals surface area contributed by atoms with E-state index in [1.165, 1.54) is 18.3 Å². The van der Waals surface area contributed by atoms with Crippen LogP contribution in [0.15, 0.2) is 73.1 Å². The Bertz CT molecular complexity index is 1320. The Morgan fingerprint density at radius 1 is 1.11 bits per heavy atom. The number of rotatable bonds is 7. The molecule has 5 rings (SSSR count). The zero-order chi connectivity index (χ0) is 24.2.